The summed E-state index contributed by atoms with van der Waals surface area (Å²) in [5.41, 5.74) is 10.1. The Hall–Kier alpha value is -3.39. The zero-order valence-electron chi connectivity index (χ0n) is 18.2. The second-order valence-corrected chi connectivity index (χ2v) is 8.17. The van der Waals surface area contributed by atoms with Gasteiger partial charge in [-0.25, -0.2) is 4.98 Å². The topological polar surface area (TPSA) is 106 Å². The van der Waals surface area contributed by atoms with E-state index < -0.39 is 0 Å². The van der Waals surface area contributed by atoms with Crippen LogP contribution < -0.4 is 20.7 Å². The first-order valence-electron chi connectivity index (χ1n) is 10.3. The summed E-state index contributed by atoms with van der Waals surface area (Å²) < 4.78 is 5.54. The minimum Gasteiger partial charge on any atom is -0.496 e. The van der Waals surface area contributed by atoms with E-state index in [4.69, 9.17) is 22.1 Å². The number of nitrogens with two attached hydrogens (primary N) is 1. The first-order valence-corrected chi connectivity index (χ1v) is 10.7. The molecule has 1 aliphatic rings. The number of rotatable bonds is 6. The molecule has 32 heavy (non-hydrogen) atoms. The van der Waals surface area contributed by atoms with Crippen molar-refractivity contribution in [1.82, 2.24) is 20.3 Å². The molecular weight excluding hydrogens is 428 g/mol. The summed E-state index contributed by atoms with van der Waals surface area (Å²) in [5.74, 6) is 1.37. The minimum absolute atomic E-state index is 0.0848. The molecule has 0 spiro atoms. The van der Waals surface area contributed by atoms with Crippen LogP contribution in [-0.2, 0) is 6.54 Å². The summed E-state index contributed by atoms with van der Waals surface area (Å²) >= 11 is 6.46. The highest BCUT2D eigenvalue weighted by atomic mass is 35.5. The first-order chi connectivity index (χ1) is 15.4. The molecule has 1 amide bonds. The van der Waals surface area contributed by atoms with Gasteiger partial charge in [-0.1, -0.05) is 29.8 Å². The van der Waals surface area contributed by atoms with Gasteiger partial charge in [-0.3, -0.25) is 9.78 Å². The number of aromatic nitrogens is 3. The lowest BCUT2D eigenvalue weighted by Gasteiger charge is -2.21. The van der Waals surface area contributed by atoms with Gasteiger partial charge in [0.2, 0.25) is 5.95 Å². The molecule has 0 saturated carbocycles. The number of methoxy groups -OCH3 is 1. The van der Waals surface area contributed by atoms with Crippen molar-refractivity contribution in [2.24, 2.45) is 0 Å². The number of nitrogens with one attached hydrogen (secondary N) is 1. The Morgan fingerprint density at radius 1 is 1.28 bits per heavy atom. The molecule has 0 radical (unpaired) electrons. The smallest absolute Gasteiger partial charge is 0.251 e. The summed E-state index contributed by atoms with van der Waals surface area (Å²) in [7, 11) is 1.66. The van der Waals surface area contributed by atoms with E-state index in [0.29, 0.717) is 36.2 Å². The molecule has 8 nitrogen and oxygen atoms in total. The molecule has 1 atom stereocenters. The maximum atomic E-state index is 12.5. The van der Waals surface area contributed by atoms with Crippen LogP contribution in [0, 0.1) is 13.8 Å². The number of nitrogens with zero attached hydrogens (tertiary/aromatic N) is 4. The highest BCUT2D eigenvalue weighted by molar-refractivity contribution is 6.30. The molecule has 1 aromatic carbocycles. The Morgan fingerprint density at radius 3 is 2.75 bits per heavy atom. The molecule has 2 aromatic heterocycles. The van der Waals surface area contributed by atoms with Crippen LogP contribution >= 0.6 is 11.6 Å². The third kappa shape index (κ3) is 4.18. The number of amides is 1. The number of benzene rings is 1. The number of carbonyl (C=O) groups excluding carboxylic acids is 1. The average Bonchev–Trinajstić information content (AvgIpc) is 3.12. The van der Waals surface area contributed by atoms with Gasteiger partial charge < -0.3 is 20.7 Å². The van der Waals surface area contributed by atoms with Gasteiger partial charge in [-0.2, -0.15) is 4.98 Å². The normalized spacial score (nSPS) is 14.9. The summed E-state index contributed by atoms with van der Waals surface area (Å²) in [6.07, 6.45) is 1.80. The van der Waals surface area contributed by atoms with Crippen LogP contribution in [-0.4, -0.2) is 41.1 Å². The van der Waals surface area contributed by atoms with Crippen LogP contribution in [0.3, 0.4) is 0 Å². The summed E-state index contributed by atoms with van der Waals surface area (Å²) in [4.78, 5) is 27.8. The van der Waals surface area contributed by atoms with Gasteiger partial charge in [0.1, 0.15) is 16.7 Å². The predicted octanol–water partition coefficient (Wildman–Crippen LogP) is 3.27. The van der Waals surface area contributed by atoms with Gasteiger partial charge in [0, 0.05) is 47.5 Å². The summed E-state index contributed by atoms with van der Waals surface area (Å²) in [6, 6.07) is 9.10. The Balaban J connectivity index is 1.59. The lowest BCUT2D eigenvalue weighted by Crippen LogP contribution is -2.31. The highest BCUT2D eigenvalue weighted by Crippen LogP contribution is 2.40. The van der Waals surface area contributed by atoms with E-state index in [-0.39, 0.29) is 17.8 Å². The number of aryl methyl sites for hydroxylation is 1. The van der Waals surface area contributed by atoms with E-state index in [2.05, 4.69) is 25.2 Å². The fraction of sp³-hybridized carbons (Fsp3) is 0.304. The van der Waals surface area contributed by atoms with Crippen LogP contribution in [0.25, 0.3) is 0 Å². The molecule has 3 heterocycles. The quantitative estimate of drug-likeness (QED) is 0.553. The second kappa shape index (κ2) is 9.00. The first kappa shape index (κ1) is 21.8. The lowest BCUT2D eigenvalue weighted by molar-refractivity contribution is 0.0951. The van der Waals surface area contributed by atoms with Crippen molar-refractivity contribution in [3.63, 3.8) is 0 Å². The van der Waals surface area contributed by atoms with Crippen LogP contribution in [0.1, 0.15) is 38.7 Å². The lowest BCUT2D eigenvalue weighted by atomic mass is 10.0. The Morgan fingerprint density at radius 2 is 2.03 bits per heavy atom. The van der Waals surface area contributed by atoms with E-state index >= 15 is 0 Å². The Kier molecular flexibility index (Phi) is 6.14. The molecule has 0 bridgehead atoms. The van der Waals surface area contributed by atoms with Crippen molar-refractivity contribution in [1.29, 1.82) is 0 Å². The second-order valence-electron chi connectivity index (χ2n) is 7.81. The van der Waals surface area contributed by atoms with Crippen molar-refractivity contribution in [2.45, 2.75) is 26.3 Å². The number of carbonyl (C=O) groups is 1. The van der Waals surface area contributed by atoms with Gasteiger partial charge in [0.25, 0.3) is 5.91 Å². The maximum Gasteiger partial charge on any atom is 0.251 e. The van der Waals surface area contributed by atoms with E-state index in [1.165, 1.54) is 0 Å². The third-order valence-corrected chi connectivity index (χ3v) is 5.97. The summed E-state index contributed by atoms with van der Waals surface area (Å²) in [6.45, 7) is 5.45. The molecule has 1 aliphatic heterocycles. The van der Waals surface area contributed by atoms with Gasteiger partial charge in [-0.05, 0) is 26.0 Å². The van der Waals surface area contributed by atoms with Crippen molar-refractivity contribution in [3.05, 3.63) is 69.6 Å². The monoisotopic (exact) mass is 452 g/mol. The zero-order chi connectivity index (χ0) is 22.8. The number of hydrogen-bond acceptors (Lipinski definition) is 7. The molecule has 0 fully saturated rings. The highest BCUT2D eigenvalue weighted by Gasteiger charge is 2.34. The molecular formula is C23H25ClN6O2. The molecule has 166 valence electrons. The Bertz CT molecular complexity index is 1150. The molecule has 1 unspecified atom stereocenters. The molecule has 3 N–H and O–H groups in total. The maximum absolute atomic E-state index is 12.5. The predicted molar refractivity (Wildman–Crippen MR) is 124 cm³/mol. The van der Waals surface area contributed by atoms with E-state index in [0.717, 1.165) is 28.1 Å². The van der Waals surface area contributed by atoms with Gasteiger partial charge in [-0.15, -0.1) is 0 Å². The number of nitrogen functional groups attached to an aromatic ring is 1. The Labute approximate surface area is 191 Å². The SMILES string of the molecule is COc1c(C)cnc(CN2CC(CNC(=O)c3ccccc3)c3c(Cl)nc(N)nc32)c1C. The van der Waals surface area contributed by atoms with Gasteiger partial charge in [0.05, 0.1) is 19.3 Å². The molecule has 3 aromatic rings. The van der Waals surface area contributed by atoms with Crippen LogP contribution in [0.4, 0.5) is 11.8 Å². The van der Waals surface area contributed by atoms with Crippen molar-refractivity contribution in [3.8, 4) is 5.75 Å². The fourth-order valence-electron chi connectivity index (χ4n) is 4.11. The van der Waals surface area contributed by atoms with E-state index in [9.17, 15) is 4.79 Å². The molecule has 9 heteroatoms. The number of anilines is 2. The van der Waals surface area contributed by atoms with E-state index in [1.807, 2.05) is 32.0 Å². The summed E-state index contributed by atoms with van der Waals surface area (Å²) in [5, 5.41) is 3.30. The zero-order valence-corrected chi connectivity index (χ0v) is 19.0. The molecule has 0 saturated heterocycles. The van der Waals surface area contributed by atoms with E-state index in [1.54, 1.807) is 25.4 Å². The van der Waals surface area contributed by atoms with Crippen molar-refractivity contribution < 1.29 is 9.53 Å². The largest absolute Gasteiger partial charge is 0.496 e. The minimum atomic E-state index is -0.140. The fourth-order valence-corrected chi connectivity index (χ4v) is 4.43. The third-order valence-electron chi connectivity index (χ3n) is 5.68. The standard InChI is InChI=1S/C23H25ClN6O2/c1-13-9-26-17(14(2)19(13)32-3)12-30-11-16(18-20(24)28-23(25)29-21(18)30)10-27-22(31)15-7-5-4-6-8-15/h4-9,16H,10-12H2,1-3H3,(H,27,31)(H2,25,28,29). The van der Waals surface area contributed by atoms with Crippen molar-refractivity contribution in [2.75, 3.05) is 30.8 Å². The number of ether oxygens (including phenoxy) is 1. The average molecular weight is 453 g/mol. The number of pyridine rings is 1. The van der Waals surface area contributed by atoms with Gasteiger partial charge in [0.15, 0.2) is 0 Å². The van der Waals surface area contributed by atoms with Gasteiger partial charge >= 0.3 is 0 Å². The van der Waals surface area contributed by atoms with Crippen LogP contribution in [0.15, 0.2) is 36.5 Å². The van der Waals surface area contributed by atoms with Crippen LogP contribution in [0.2, 0.25) is 5.15 Å². The number of hydrogen-bond donors (Lipinski definition) is 2. The van der Waals surface area contributed by atoms with Crippen molar-refractivity contribution >= 4 is 29.3 Å². The van der Waals surface area contributed by atoms with Crippen LogP contribution in [0.5, 0.6) is 5.75 Å². The molecule has 4 rings (SSSR count). The number of halogens is 1. The molecule has 0 aliphatic carbocycles. The number of fused-ring (bicyclic) bond motifs is 1.